The van der Waals surface area contributed by atoms with Crippen molar-refractivity contribution in [2.75, 3.05) is 17.8 Å². The van der Waals surface area contributed by atoms with E-state index in [-0.39, 0.29) is 11.8 Å². The van der Waals surface area contributed by atoms with Crippen LogP contribution in [0.1, 0.15) is 17.3 Å². The van der Waals surface area contributed by atoms with Gasteiger partial charge in [0.05, 0.1) is 17.9 Å². The lowest BCUT2D eigenvalue weighted by atomic mass is 10.2. The molecule has 0 atom stereocenters. The third kappa shape index (κ3) is 4.02. The summed E-state index contributed by atoms with van der Waals surface area (Å²) in [5.74, 6) is -0.828. The fourth-order valence-corrected chi connectivity index (χ4v) is 1.69. The van der Waals surface area contributed by atoms with Crippen molar-refractivity contribution in [1.29, 1.82) is 0 Å². The number of hydrogen-bond acceptors (Lipinski definition) is 3. The van der Waals surface area contributed by atoms with Gasteiger partial charge in [0.1, 0.15) is 5.88 Å². The molecule has 92 valence electrons. The fourth-order valence-electron chi connectivity index (χ4n) is 1.14. The maximum Gasteiger partial charge on any atom is 0.338 e. The van der Waals surface area contributed by atoms with Gasteiger partial charge in [0.15, 0.2) is 0 Å². The molecular weight excluding hydrogens is 309 g/mol. The second-order valence-corrected chi connectivity index (χ2v) is 4.22. The normalized spacial score (nSPS) is 9.82. The van der Waals surface area contributed by atoms with E-state index < -0.39 is 5.97 Å². The van der Waals surface area contributed by atoms with Gasteiger partial charge >= 0.3 is 5.97 Å². The van der Waals surface area contributed by atoms with E-state index in [0.29, 0.717) is 22.3 Å². The van der Waals surface area contributed by atoms with Crippen LogP contribution >= 0.6 is 27.5 Å². The van der Waals surface area contributed by atoms with Crippen LogP contribution in [-0.2, 0) is 9.53 Å². The molecule has 0 aliphatic heterocycles. The summed E-state index contributed by atoms with van der Waals surface area (Å²) in [5, 5.41) is 2.59. The average molecular weight is 321 g/mol. The van der Waals surface area contributed by atoms with Gasteiger partial charge in [-0.3, -0.25) is 4.79 Å². The summed E-state index contributed by atoms with van der Waals surface area (Å²) in [4.78, 5) is 22.5. The molecule has 17 heavy (non-hydrogen) atoms. The standard InChI is InChI=1S/C11H11BrClNO3/c1-2-17-11(16)7-3-4-9(8(12)5-7)14-10(15)6-13/h3-5H,2,6H2,1H3,(H,14,15). The highest BCUT2D eigenvalue weighted by Gasteiger charge is 2.10. The third-order valence-corrected chi connectivity index (χ3v) is 2.77. The average Bonchev–Trinajstić information content (AvgIpc) is 2.31. The first kappa shape index (κ1) is 14.0. The van der Waals surface area contributed by atoms with E-state index in [2.05, 4.69) is 21.2 Å². The minimum atomic E-state index is -0.400. The lowest BCUT2D eigenvalue weighted by molar-refractivity contribution is -0.113. The number of carbonyl (C=O) groups excluding carboxylic acids is 2. The highest BCUT2D eigenvalue weighted by atomic mass is 79.9. The van der Waals surface area contributed by atoms with Gasteiger partial charge in [-0.1, -0.05) is 0 Å². The summed E-state index contributed by atoms with van der Waals surface area (Å²) < 4.78 is 5.46. The van der Waals surface area contributed by atoms with Gasteiger partial charge in [0.25, 0.3) is 0 Å². The Labute approximate surface area is 112 Å². The summed E-state index contributed by atoms with van der Waals surface area (Å²) in [7, 11) is 0. The van der Waals surface area contributed by atoms with Crippen LogP contribution < -0.4 is 5.32 Å². The first-order chi connectivity index (χ1) is 8.08. The Hall–Kier alpha value is -1.07. The molecule has 1 amide bonds. The molecule has 0 saturated heterocycles. The molecular formula is C11H11BrClNO3. The Bertz CT molecular complexity index is 437. The zero-order valence-corrected chi connectivity index (χ0v) is 11.5. The number of amides is 1. The van der Waals surface area contributed by atoms with Gasteiger partial charge in [-0.15, -0.1) is 11.6 Å². The Balaban J connectivity index is 2.86. The summed E-state index contributed by atoms with van der Waals surface area (Å²) in [6.45, 7) is 2.06. The van der Waals surface area contributed by atoms with Crippen molar-refractivity contribution in [3.05, 3.63) is 28.2 Å². The molecule has 1 aromatic carbocycles. The zero-order valence-electron chi connectivity index (χ0n) is 9.13. The Morgan fingerprint density at radius 2 is 2.18 bits per heavy atom. The van der Waals surface area contributed by atoms with Gasteiger partial charge in [-0.25, -0.2) is 4.79 Å². The van der Waals surface area contributed by atoms with Gasteiger partial charge in [-0.05, 0) is 41.1 Å². The topological polar surface area (TPSA) is 55.4 Å². The highest BCUT2D eigenvalue weighted by molar-refractivity contribution is 9.10. The van der Waals surface area contributed by atoms with Gasteiger partial charge in [-0.2, -0.15) is 0 Å². The first-order valence-corrected chi connectivity index (χ1v) is 6.23. The van der Waals surface area contributed by atoms with Crippen LogP contribution in [0, 0.1) is 0 Å². The van der Waals surface area contributed by atoms with Crippen LogP contribution in [0.4, 0.5) is 5.69 Å². The molecule has 0 spiro atoms. The number of hydrogen-bond donors (Lipinski definition) is 1. The molecule has 1 aromatic rings. The molecule has 0 bridgehead atoms. The van der Waals surface area contributed by atoms with E-state index in [0.717, 1.165) is 0 Å². The third-order valence-electron chi connectivity index (χ3n) is 1.88. The number of halogens is 2. The maximum absolute atomic E-state index is 11.4. The van der Waals surface area contributed by atoms with Gasteiger partial charge in [0.2, 0.25) is 5.91 Å². The lowest BCUT2D eigenvalue weighted by Gasteiger charge is -2.07. The van der Waals surface area contributed by atoms with Crippen molar-refractivity contribution < 1.29 is 14.3 Å². The van der Waals surface area contributed by atoms with E-state index >= 15 is 0 Å². The summed E-state index contributed by atoms with van der Waals surface area (Å²) >= 11 is 8.63. The predicted octanol–water partition coefficient (Wildman–Crippen LogP) is 2.80. The van der Waals surface area contributed by atoms with Crippen molar-refractivity contribution in [3.8, 4) is 0 Å². The smallest absolute Gasteiger partial charge is 0.338 e. The molecule has 0 aromatic heterocycles. The van der Waals surface area contributed by atoms with E-state index in [1.54, 1.807) is 25.1 Å². The SMILES string of the molecule is CCOC(=O)c1ccc(NC(=O)CCl)c(Br)c1. The Morgan fingerprint density at radius 3 is 2.71 bits per heavy atom. The molecule has 1 N–H and O–H groups in total. The number of nitrogens with one attached hydrogen (secondary N) is 1. The molecule has 6 heteroatoms. The van der Waals surface area contributed by atoms with E-state index in [1.165, 1.54) is 0 Å². The van der Waals surface area contributed by atoms with Crippen molar-refractivity contribution >= 4 is 45.1 Å². The quantitative estimate of drug-likeness (QED) is 0.685. The molecule has 0 radical (unpaired) electrons. The minimum absolute atomic E-state index is 0.119. The van der Waals surface area contributed by atoms with Crippen LogP contribution in [-0.4, -0.2) is 24.4 Å². The minimum Gasteiger partial charge on any atom is -0.462 e. The largest absolute Gasteiger partial charge is 0.462 e. The van der Waals surface area contributed by atoms with Crippen molar-refractivity contribution in [3.63, 3.8) is 0 Å². The molecule has 0 unspecified atom stereocenters. The second kappa shape index (κ2) is 6.61. The van der Waals surface area contributed by atoms with Crippen LogP contribution in [0.3, 0.4) is 0 Å². The predicted molar refractivity (Wildman–Crippen MR) is 69.4 cm³/mol. The lowest BCUT2D eigenvalue weighted by Crippen LogP contribution is -2.13. The van der Waals surface area contributed by atoms with Gasteiger partial charge in [0, 0.05) is 4.47 Å². The van der Waals surface area contributed by atoms with Crippen molar-refractivity contribution in [2.24, 2.45) is 0 Å². The van der Waals surface area contributed by atoms with Gasteiger partial charge < -0.3 is 10.1 Å². The highest BCUT2D eigenvalue weighted by Crippen LogP contribution is 2.24. The van der Waals surface area contributed by atoms with Crippen LogP contribution in [0.15, 0.2) is 22.7 Å². The Kier molecular flexibility index (Phi) is 5.44. The van der Waals surface area contributed by atoms with Crippen molar-refractivity contribution in [1.82, 2.24) is 0 Å². The summed E-state index contributed by atoms with van der Waals surface area (Å²) in [6, 6.07) is 4.77. The monoisotopic (exact) mass is 319 g/mol. The molecule has 4 nitrogen and oxygen atoms in total. The van der Waals surface area contributed by atoms with Crippen LogP contribution in [0.25, 0.3) is 0 Å². The molecule has 0 aliphatic carbocycles. The molecule has 0 heterocycles. The van der Waals surface area contributed by atoms with Crippen LogP contribution in [0.5, 0.6) is 0 Å². The molecule has 0 aliphatic rings. The number of alkyl halides is 1. The second-order valence-electron chi connectivity index (χ2n) is 3.10. The molecule has 0 fully saturated rings. The number of anilines is 1. The maximum atomic E-state index is 11.4. The Morgan fingerprint density at radius 1 is 1.47 bits per heavy atom. The summed E-state index contributed by atoms with van der Waals surface area (Å²) in [6.07, 6.45) is 0. The number of benzene rings is 1. The number of carbonyl (C=O) groups is 2. The number of ether oxygens (including phenoxy) is 1. The van der Waals surface area contributed by atoms with E-state index in [4.69, 9.17) is 16.3 Å². The van der Waals surface area contributed by atoms with E-state index in [1.807, 2.05) is 0 Å². The number of esters is 1. The zero-order chi connectivity index (χ0) is 12.8. The fraction of sp³-hybridized carbons (Fsp3) is 0.273. The first-order valence-electron chi connectivity index (χ1n) is 4.91. The van der Waals surface area contributed by atoms with E-state index in [9.17, 15) is 9.59 Å². The molecule has 0 saturated carbocycles. The number of rotatable bonds is 4. The van der Waals surface area contributed by atoms with Crippen molar-refractivity contribution in [2.45, 2.75) is 6.92 Å². The molecule has 1 rings (SSSR count). The summed E-state index contributed by atoms with van der Waals surface area (Å²) in [5.41, 5.74) is 0.978. The van der Waals surface area contributed by atoms with Crippen LogP contribution in [0.2, 0.25) is 0 Å².